The molecule has 1 saturated heterocycles. The van der Waals surface area contributed by atoms with Crippen molar-refractivity contribution in [2.24, 2.45) is 17.8 Å². The van der Waals surface area contributed by atoms with Crippen molar-refractivity contribution in [3.63, 3.8) is 0 Å². The zero-order valence-electron chi connectivity index (χ0n) is 9.91. The molecule has 0 aromatic carbocycles. The minimum Gasteiger partial charge on any atom is -0.463 e. The number of allylic oxidation sites excluding steroid dienone is 1. The maximum absolute atomic E-state index is 5.49. The highest BCUT2D eigenvalue weighted by molar-refractivity contribution is 5.66. The molecule has 1 aromatic rings. The molecule has 1 saturated carbocycles. The van der Waals surface area contributed by atoms with Gasteiger partial charge in [-0.2, -0.15) is 0 Å². The van der Waals surface area contributed by atoms with Crippen LogP contribution in [0.1, 0.15) is 24.2 Å². The van der Waals surface area contributed by atoms with Crippen molar-refractivity contribution in [1.29, 1.82) is 0 Å². The van der Waals surface area contributed by atoms with Crippen LogP contribution in [0.3, 0.4) is 0 Å². The molecule has 88 valence electrons. The van der Waals surface area contributed by atoms with Gasteiger partial charge in [0.2, 0.25) is 0 Å². The van der Waals surface area contributed by atoms with Gasteiger partial charge in [-0.3, -0.25) is 0 Å². The number of hydrogen-bond acceptors (Lipinski definition) is 2. The first kappa shape index (κ1) is 10.7. The first-order valence-corrected chi connectivity index (χ1v) is 6.23. The highest BCUT2D eigenvalue weighted by Gasteiger charge is 2.39. The third kappa shape index (κ3) is 1.71. The molecule has 2 atom stereocenters. The molecule has 0 bridgehead atoms. The summed E-state index contributed by atoms with van der Waals surface area (Å²) in [4.78, 5) is 0. The molecule has 1 N–H and O–H groups in total. The van der Waals surface area contributed by atoms with Gasteiger partial charge < -0.3 is 9.73 Å². The first-order valence-electron chi connectivity index (χ1n) is 6.23. The predicted octanol–water partition coefficient (Wildman–Crippen LogP) is 2.52. The minimum absolute atomic E-state index is 0.547. The summed E-state index contributed by atoms with van der Waals surface area (Å²) in [6, 6.07) is 1.85. The summed E-state index contributed by atoms with van der Waals surface area (Å²) in [6.07, 6.45) is 9.57. The predicted molar refractivity (Wildman–Crippen MR) is 68.3 cm³/mol. The summed E-state index contributed by atoms with van der Waals surface area (Å²) in [6.45, 7) is 6.53. The molecule has 2 nitrogen and oxygen atoms in total. The van der Waals surface area contributed by atoms with Gasteiger partial charge in [0, 0.05) is 0 Å². The molecule has 2 fully saturated rings. The van der Waals surface area contributed by atoms with Crippen molar-refractivity contribution < 1.29 is 4.42 Å². The van der Waals surface area contributed by atoms with Gasteiger partial charge in [0.15, 0.2) is 0 Å². The minimum atomic E-state index is 0.547. The number of terminal acetylenes is 1. The Hall–Kier alpha value is -1.46. The number of hydrogen-bond donors (Lipinski definition) is 1. The second-order valence-electron chi connectivity index (χ2n) is 5.18. The van der Waals surface area contributed by atoms with E-state index in [0.29, 0.717) is 5.92 Å². The van der Waals surface area contributed by atoms with Crippen LogP contribution in [0.25, 0.3) is 5.57 Å². The van der Waals surface area contributed by atoms with E-state index in [-0.39, 0.29) is 0 Å². The topological polar surface area (TPSA) is 25.2 Å². The smallest absolute Gasteiger partial charge is 0.145 e. The fourth-order valence-electron chi connectivity index (χ4n) is 3.31. The van der Waals surface area contributed by atoms with E-state index in [9.17, 15) is 0 Å². The van der Waals surface area contributed by atoms with Gasteiger partial charge in [-0.25, -0.2) is 0 Å². The summed E-state index contributed by atoms with van der Waals surface area (Å²) >= 11 is 0. The molecule has 0 amide bonds. The van der Waals surface area contributed by atoms with Crippen LogP contribution in [-0.2, 0) is 0 Å². The number of fused-ring (bicyclic) bond motifs is 1. The van der Waals surface area contributed by atoms with E-state index in [1.54, 1.807) is 6.26 Å². The number of furan rings is 1. The van der Waals surface area contributed by atoms with E-state index >= 15 is 0 Å². The van der Waals surface area contributed by atoms with Crippen molar-refractivity contribution in [3.05, 3.63) is 30.2 Å². The molecular weight excluding hydrogens is 210 g/mol. The number of rotatable bonds is 2. The van der Waals surface area contributed by atoms with Gasteiger partial charge in [0.05, 0.1) is 11.8 Å². The Morgan fingerprint density at radius 2 is 2.12 bits per heavy atom. The Kier molecular flexibility index (Phi) is 2.57. The van der Waals surface area contributed by atoms with Gasteiger partial charge in [0.25, 0.3) is 0 Å². The van der Waals surface area contributed by atoms with Crippen LogP contribution in [-0.4, -0.2) is 13.1 Å². The van der Waals surface area contributed by atoms with Gasteiger partial charge in [-0.1, -0.05) is 12.5 Å². The van der Waals surface area contributed by atoms with Gasteiger partial charge in [-0.05, 0) is 55.3 Å². The summed E-state index contributed by atoms with van der Waals surface area (Å²) in [5.41, 5.74) is 1.93. The Labute approximate surface area is 102 Å². The molecule has 2 heterocycles. The van der Waals surface area contributed by atoms with Crippen molar-refractivity contribution in [3.8, 4) is 12.3 Å². The Balaban J connectivity index is 1.78. The standard InChI is InChI=1S/C15H17NO/c1-3-11-4-5-17-15(11)10(2)12-6-13-8-16-9-14(13)7-12/h1,4-5,12-14,16H,2,6-9H2. The van der Waals surface area contributed by atoms with Gasteiger partial charge in [0.1, 0.15) is 5.76 Å². The van der Waals surface area contributed by atoms with Crippen molar-refractivity contribution in [2.75, 3.05) is 13.1 Å². The fraction of sp³-hybridized carbons (Fsp3) is 0.467. The molecule has 3 rings (SSSR count). The van der Waals surface area contributed by atoms with Crippen LogP contribution >= 0.6 is 0 Å². The highest BCUT2D eigenvalue weighted by Crippen LogP contribution is 2.44. The van der Waals surface area contributed by atoms with Gasteiger partial charge >= 0.3 is 0 Å². The summed E-state index contributed by atoms with van der Waals surface area (Å²) in [5.74, 6) is 5.68. The molecule has 0 spiro atoms. The molecule has 1 aliphatic heterocycles. The van der Waals surface area contributed by atoms with E-state index in [1.807, 2.05) is 6.07 Å². The van der Waals surface area contributed by atoms with Crippen molar-refractivity contribution in [2.45, 2.75) is 12.8 Å². The van der Waals surface area contributed by atoms with E-state index < -0.39 is 0 Å². The molecule has 2 unspecified atom stereocenters. The Bertz CT molecular complexity index is 467. The average molecular weight is 227 g/mol. The molecule has 1 aromatic heterocycles. The van der Waals surface area contributed by atoms with Crippen LogP contribution in [0.2, 0.25) is 0 Å². The van der Waals surface area contributed by atoms with Crippen LogP contribution in [0.15, 0.2) is 23.3 Å². The van der Waals surface area contributed by atoms with E-state index in [2.05, 4.69) is 17.8 Å². The Morgan fingerprint density at radius 3 is 2.76 bits per heavy atom. The second-order valence-corrected chi connectivity index (χ2v) is 5.18. The highest BCUT2D eigenvalue weighted by atomic mass is 16.3. The van der Waals surface area contributed by atoms with Crippen LogP contribution in [0.4, 0.5) is 0 Å². The zero-order chi connectivity index (χ0) is 11.8. The van der Waals surface area contributed by atoms with Gasteiger partial charge in [-0.15, -0.1) is 6.42 Å². The van der Waals surface area contributed by atoms with E-state index in [4.69, 9.17) is 10.8 Å². The number of nitrogens with one attached hydrogen (secondary N) is 1. The average Bonchev–Trinajstić information content (AvgIpc) is 3.02. The second kappa shape index (κ2) is 4.09. The molecule has 2 aliphatic rings. The quantitative estimate of drug-likeness (QED) is 0.785. The summed E-state index contributed by atoms with van der Waals surface area (Å²) in [5, 5.41) is 3.46. The van der Waals surface area contributed by atoms with E-state index in [1.165, 1.54) is 12.8 Å². The van der Waals surface area contributed by atoms with Crippen LogP contribution in [0, 0.1) is 30.1 Å². The lowest BCUT2D eigenvalue weighted by atomic mass is 9.93. The third-order valence-corrected chi connectivity index (χ3v) is 4.26. The first-order chi connectivity index (χ1) is 8.29. The Morgan fingerprint density at radius 1 is 1.41 bits per heavy atom. The molecular formula is C15H17NO. The molecule has 0 radical (unpaired) electrons. The maximum atomic E-state index is 5.49. The molecule has 2 heteroatoms. The van der Waals surface area contributed by atoms with E-state index in [0.717, 1.165) is 41.8 Å². The monoisotopic (exact) mass is 227 g/mol. The van der Waals surface area contributed by atoms with Crippen molar-refractivity contribution >= 4 is 5.57 Å². The van der Waals surface area contributed by atoms with Crippen LogP contribution in [0.5, 0.6) is 0 Å². The largest absolute Gasteiger partial charge is 0.463 e. The molecule has 1 aliphatic carbocycles. The van der Waals surface area contributed by atoms with Crippen molar-refractivity contribution in [1.82, 2.24) is 5.32 Å². The third-order valence-electron chi connectivity index (χ3n) is 4.26. The summed E-state index contributed by atoms with van der Waals surface area (Å²) < 4.78 is 5.49. The lowest BCUT2D eigenvalue weighted by Gasteiger charge is -2.13. The fourth-order valence-corrected chi connectivity index (χ4v) is 3.31. The normalized spacial score (nSPS) is 31.1. The summed E-state index contributed by atoms with van der Waals surface area (Å²) in [7, 11) is 0. The SMILES string of the molecule is C#Cc1ccoc1C(=C)C1CC2CNCC2C1. The molecule has 17 heavy (non-hydrogen) atoms. The van der Waals surface area contributed by atoms with Crippen LogP contribution < -0.4 is 5.32 Å². The lowest BCUT2D eigenvalue weighted by Crippen LogP contribution is -2.12. The zero-order valence-corrected chi connectivity index (χ0v) is 9.91. The maximum Gasteiger partial charge on any atom is 0.145 e. The lowest BCUT2D eigenvalue weighted by molar-refractivity contribution is 0.494.